The number of likely N-dealkylation sites (N-methyl/N-ethyl adjacent to an activating group) is 1. The molecule has 2 aliphatic rings. The van der Waals surface area contributed by atoms with Crippen molar-refractivity contribution in [2.75, 3.05) is 29.6 Å². The van der Waals surface area contributed by atoms with Crippen LogP contribution in [0.1, 0.15) is 55.5 Å². The van der Waals surface area contributed by atoms with Crippen molar-refractivity contribution >= 4 is 39.2 Å². The minimum atomic E-state index is -3.17. The topological polar surface area (TPSA) is 118 Å². The van der Waals surface area contributed by atoms with Gasteiger partial charge in [0.15, 0.2) is 16.4 Å². The lowest BCUT2D eigenvalue weighted by atomic mass is 10.1. The van der Waals surface area contributed by atoms with Gasteiger partial charge in [-0.2, -0.15) is 0 Å². The highest BCUT2D eigenvalue weighted by atomic mass is 32.2. The number of fused-ring (bicyclic) bond motifs is 1. The standard InChI is InChI=1S/C25H26N2O7S/c1-4-26(18-9-10-35(32,33)14-18)22(28)13-34-25(31)17-7-8-19-20(12-17)24(30)27(23(19)29)21-11-15(2)5-6-16(21)3/h5-8,11-12,18H,4,9-10,13-14H2,1-3H3. The first kappa shape index (κ1) is 24.6. The predicted octanol–water partition coefficient (Wildman–Crippen LogP) is 2.30. The third-order valence-corrected chi connectivity index (χ3v) is 8.12. The molecule has 2 aromatic rings. The van der Waals surface area contributed by atoms with Gasteiger partial charge in [-0.25, -0.2) is 18.1 Å². The van der Waals surface area contributed by atoms with Gasteiger partial charge in [0, 0.05) is 12.6 Å². The normalized spacial score (nSPS) is 18.5. The van der Waals surface area contributed by atoms with Crippen molar-refractivity contribution < 1.29 is 32.3 Å². The van der Waals surface area contributed by atoms with Gasteiger partial charge in [0.2, 0.25) is 0 Å². The number of imide groups is 1. The van der Waals surface area contributed by atoms with E-state index in [2.05, 4.69) is 0 Å². The number of esters is 1. The van der Waals surface area contributed by atoms with Gasteiger partial charge in [-0.05, 0) is 62.6 Å². The lowest BCUT2D eigenvalue weighted by molar-refractivity contribution is -0.136. The zero-order chi connectivity index (χ0) is 25.5. The van der Waals surface area contributed by atoms with E-state index in [1.807, 2.05) is 19.1 Å². The number of aryl methyl sites for hydroxylation is 2. The van der Waals surface area contributed by atoms with E-state index in [1.54, 1.807) is 19.9 Å². The van der Waals surface area contributed by atoms with Crippen molar-refractivity contribution in [1.82, 2.24) is 4.90 Å². The molecule has 2 heterocycles. The van der Waals surface area contributed by atoms with E-state index in [0.717, 1.165) is 16.0 Å². The number of rotatable bonds is 6. The maximum absolute atomic E-state index is 13.1. The molecular formula is C25H26N2O7S. The van der Waals surface area contributed by atoms with Gasteiger partial charge in [0.25, 0.3) is 17.7 Å². The molecule has 1 atom stereocenters. The number of amides is 3. The third-order valence-electron chi connectivity index (χ3n) is 6.36. The zero-order valence-corrected chi connectivity index (χ0v) is 20.6. The van der Waals surface area contributed by atoms with Crippen molar-refractivity contribution in [1.29, 1.82) is 0 Å². The SMILES string of the molecule is CCN(C(=O)COC(=O)c1ccc2c(c1)C(=O)N(c1cc(C)ccc1C)C2=O)C1CCS(=O)(=O)C1. The molecule has 2 aliphatic heterocycles. The summed E-state index contributed by atoms with van der Waals surface area (Å²) < 4.78 is 28.7. The van der Waals surface area contributed by atoms with Crippen LogP contribution in [0.3, 0.4) is 0 Å². The van der Waals surface area contributed by atoms with E-state index < -0.39 is 46.2 Å². The first-order valence-electron chi connectivity index (χ1n) is 11.3. The minimum absolute atomic E-state index is 0.0300. The van der Waals surface area contributed by atoms with Crippen LogP contribution in [0.25, 0.3) is 0 Å². The summed E-state index contributed by atoms with van der Waals surface area (Å²) in [5, 5.41) is 0. The largest absolute Gasteiger partial charge is 0.452 e. The molecule has 3 amide bonds. The molecule has 2 aromatic carbocycles. The van der Waals surface area contributed by atoms with Crippen LogP contribution in [0.15, 0.2) is 36.4 Å². The number of hydrogen-bond donors (Lipinski definition) is 0. The van der Waals surface area contributed by atoms with E-state index in [0.29, 0.717) is 18.7 Å². The van der Waals surface area contributed by atoms with E-state index in [-0.39, 0.29) is 28.2 Å². The van der Waals surface area contributed by atoms with Crippen LogP contribution in [-0.2, 0) is 19.4 Å². The number of nitrogens with zero attached hydrogens (tertiary/aromatic N) is 2. The molecule has 1 fully saturated rings. The molecule has 0 aliphatic carbocycles. The van der Waals surface area contributed by atoms with Crippen molar-refractivity contribution in [2.24, 2.45) is 0 Å². The molecule has 9 nitrogen and oxygen atoms in total. The van der Waals surface area contributed by atoms with E-state index in [9.17, 15) is 27.6 Å². The fourth-order valence-corrected chi connectivity index (χ4v) is 6.23. The van der Waals surface area contributed by atoms with Crippen LogP contribution < -0.4 is 4.90 Å². The Morgan fingerprint density at radius 2 is 1.77 bits per heavy atom. The maximum atomic E-state index is 13.1. The summed E-state index contributed by atoms with van der Waals surface area (Å²) >= 11 is 0. The van der Waals surface area contributed by atoms with Gasteiger partial charge >= 0.3 is 5.97 Å². The second kappa shape index (κ2) is 9.26. The quantitative estimate of drug-likeness (QED) is 0.443. The summed E-state index contributed by atoms with van der Waals surface area (Å²) in [5.74, 6) is -2.39. The fraction of sp³-hybridized carbons (Fsp3) is 0.360. The fourth-order valence-electron chi connectivity index (χ4n) is 4.50. The molecule has 0 N–H and O–H groups in total. The smallest absolute Gasteiger partial charge is 0.338 e. The Balaban J connectivity index is 1.47. The van der Waals surface area contributed by atoms with Crippen LogP contribution in [-0.4, -0.2) is 67.7 Å². The monoisotopic (exact) mass is 498 g/mol. The minimum Gasteiger partial charge on any atom is -0.452 e. The van der Waals surface area contributed by atoms with Crippen molar-refractivity contribution in [2.45, 2.75) is 33.2 Å². The lowest BCUT2D eigenvalue weighted by Gasteiger charge is -2.26. The van der Waals surface area contributed by atoms with Crippen molar-refractivity contribution in [3.05, 3.63) is 64.2 Å². The Morgan fingerprint density at radius 3 is 2.43 bits per heavy atom. The summed E-state index contributed by atoms with van der Waals surface area (Å²) in [6.07, 6.45) is 0.355. The van der Waals surface area contributed by atoms with Crippen LogP contribution in [0.4, 0.5) is 5.69 Å². The second-order valence-corrected chi connectivity index (χ2v) is 11.0. The molecule has 0 radical (unpaired) electrons. The van der Waals surface area contributed by atoms with E-state index in [4.69, 9.17) is 4.74 Å². The first-order chi connectivity index (χ1) is 16.5. The average Bonchev–Trinajstić information content (AvgIpc) is 3.30. The third kappa shape index (κ3) is 4.70. The molecule has 184 valence electrons. The van der Waals surface area contributed by atoms with Gasteiger partial charge < -0.3 is 9.64 Å². The highest BCUT2D eigenvalue weighted by molar-refractivity contribution is 7.91. The predicted molar refractivity (Wildman–Crippen MR) is 128 cm³/mol. The van der Waals surface area contributed by atoms with Gasteiger partial charge in [-0.15, -0.1) is 0 Å². The van der Waals surface area contributed by atoms with Crippen molar-refractivity contribution in [3.8, 4) is 0 Å². The molecule has 35 heavy (non-hydrogen) atoms. The molecule has 0 aromatic heterocycles. The van der Waals surface area contributed by atoms with Crippen LogP contribution >= 0.6 is 0 Å². The van der Waals surface area contributed by atoms with Gasteiger partial charge in [-0.1, -0.05) is 12.1 Å². The number of hydrogen-bond acceptors (Lipinski definition) is 7. The Labute approximate surface area is 203 Å². The molecule has 1 unspecified atom stereocenters. The number of anilines is 1. The van der Waals surface area contributed by atoms with E-state index >= 15 is 0 Å². The number of carbonyl (C=O) groups is 4. The van der Waals surface area contributed by atoms with E-state index in [1.165, 1.54) is 23.1 Å². The molecule has 0 saturated carbocycles. The summed E-state index contributed by atoms with van der Waals surface area (Å²) in [6.45, 7) is 5.14. The lowest BCUT2D eigenvalue weighted by Crippen LogP contribution is -2.43. The number of sulfone groups is 1. The number of ether oxygens (including phenoxy) is 1. The van der Waals surface area contributed by atoms with Crippen LogP contribution in [0.5, 0.6) is 0 Å². The molecule has 4 rings (SSSR count). The second-order valence-electron chi connectivity index (χ2n) is 8.81. The zero-order valence-electron chi connectivity index (χ0n) is 19.7. The Kier molecular flexibility index (Phi) is 6.50. The molecule has 1 saturated heterocycles. The molecule has 0 bridgehead atoms. The summed E-state index contributed by atoms with van der Waals surface area (Å²) in [6, 6.07) is 9.12. The van der Waals surface area contributed by atoms with Gasteiger partial charge in [-0.3, -0.25) is 14.4 Å². The van der Waals surface area contributed by atoms with Crippen LogP contribution in [0.2, 0.25) is 0 Å². The first-order valence-corrected chi connectivity index (χ1v) is 13.1. The Bertz CT molecular complexity index is 1350. The summed E-state index contributed by atoms with van der Waals surface area (Å²) in [5.41, 5.74) is 2.45. The highest BCUT2D eigenvalue weighted by Crippen LogP contribution is 2.32. The average molecular weight is 499 g/mol. The molecule has 0 spiro atoms. The van der Waals surface area contributed by atoms with Gasteiger partial charge in [0.1, 0.15) is 0 Å². The highest BCUT2D eigenvalue weighted by Gasteiger charge is 2.38. The van der Waals surface area contributed by atoms with Crippen LogP contribution in [0, 0.1) is 13.8 Å². The molecule has 10 heteroatoms. The summed E-state index contributed by atoms with van der Waals surface area (Å²) in [7, 11) is -3.17. The summed E-state index contributed by atoms with van der Waals surface area (Å²) in [4.78, 5) is 53.8. The number of benzene rings is 2. The van der Waals surface area contributed by atoms with Gasteiger partial charge in [0.05, 0.1) is 33.9 Å². The Morgan fingerprint density at radius 1 is 1.06 bits per heavy atom. The maximum Gasteiger partial charge on any atom is 0.338 e. The van der Waals surface area contributed by atoms with Crippen molar-refractivity contribution in [3.63, 3.8) is 0 Å². The Hall–Kier alpha value is -3.53. The molecular weight excluding hydrogens is 472 g/mol. The number of carbonyl (C=O) groups excluding carboxylic acids is 4.